The predicted molar refractivity (Wildman–Crippen MR) is 82.6 cm³/mol. The summed E-state index contributed by atoms with van der Waals surface area (Å²) in [4.78, 5) is 27.7. The summed E-state index contributed by atoms with van der Waals surface area (Å²) in [6.45, 7) is 4.26. The second-order valence-electron chi connectivity index (χ2n) is 6.54. The molecule has 1 aliphatic carbocycles. The van der Waals surface area contributed by atoms with E-state index in [1.165, 1.54) is 32.1 Å². The van der Waals surface area contributed by atoms with E-state index in [0.717, 1.165) is 12.3 Å². The van der Waals surface area contributed by atoms with E-state index in [4.69, 9.17) is 5.73 Å². The van der Waals surface area contributed by atoms with Crippen LogP contribution in [0.15, 0.2) is 0 Å². The van der Waals surface area contributed by atoms with Crippen LogP contribution in [-0.4, -0.2) is 53.8 Å². The Kier molecular flexibility index (Phi) is 6.03. The normalized spacial score (nSPS) is 22.2. The molecule has 21 heavy (non-hydrogen) atoms. The van der Waals surface area contributed by atoms with Gasteiger partial charge in [0.05, 0.1) is 6.04 Å². The van der Waals surface area contributed by atoms with Gasteiger partial charge in [-0.05, 0) is 19.3 Å². The van der Waals surface area contributed by atoms with Crippen LogP contribution < -0.4 is 5.73 Å². The quantitative estimate of drug-likeness (QED) is 0.851. The smallest absolute Gasteiger partial charge is 0.239 e. The molecule has 2 fully saturated rings. The zero-order valence-corrected chi connectivity index (χ0v) is 13.2. The van der Waals surface area contributed by atoms with Gasteiger partial charge in [-0.15, -0.1) is 0 Å². The predicted octanol–water partition coefficient (Wildman–Crippen LogP) is 1.36. The molecule has 2 amide bonds. The van der Waals surface area contributed by atoms with Crippen molar-refractivity contribution < 1.29 is 9.59 Å². The van der Waals surface area contributed by atoms with Gasteiger partial charge in [-0.1, -0.05) is 32.1 Å². The summed E-state index contributed by atoms with van der Waals surface area (Å²) < 4.78 is 0. The fourth-order valence-corrected chi connectivity index (χ4v) is 3.43. The van der Waals surface area contributed by atoms with Gasteiger partial charge in [0.1, 0.15) is 0 Å². The minimum atomic E-state index is -0.446. The molecule has 1 aliphatic heterocycles. The fourth-order valence-electron chi connectivity index (χ4n) is 3.43. The van der Waals surface area contributed by atoms with Crippen LogP contribution in [0.5, 0.6) is 0 Å². The first-order chi connectivity index (χ1) is 10.1. The summed E-state index contributed by atoms with van der Waals surface area (Å²) >= 11 is 0. The van der Waals surface area contributed by atoms with E-state index in [0.29, 0.717) is 32.6 Å². The number of carbonyl (C=O) groups is 2. The highest BCUT2D eigenvalue weighted by atomic mass is 16.2. The zero-order valence-electron chi connectivity index (χ0n) is 13.2. The van der Waals surface area contributed by atoms with Crippen LogP contribution in [-0.2, 0) is 9.59 Å². The average molecular weight is 295 g/mol. The van der Waals surface area contributed by atoms with Crippen molar-refractivity contribution in [3.8, 4) is 0 Å². The van der Waals surface area contributed by atoms with E-state index in [2.05, 4.69) is 0 Å². The molecule has 2 rings (SSSR count). The molecule has 5 heteroatoms. The SMILES string of the molecule is C[C@@H](N)C(=O)N1CCN(C(=O)CCC2CCCCC2)CC1. The van der Waals surface area contributed by atoms with Gasteiger partial charge in [0.2, 0.25) is 11.8 Å². The molecule has 2 aliphatic rings. The van der Waals surface area contributed by atoms with Gasteiger partial charge in [0.15, 0.2) is 0 Å². The lowest BCUT2D eigenvalue weighted by Gasteiger charge is -2.35. The molecule has 0 unspecified atom stereocenters. The zero-order chi connectivity index (χ0) is 15.2. The first kappa shape index (κ1) is 16.3. The first-order valence-corrected chi connectivity index (χ1v) is 8.40. The van der Waals surface area contributed by atoms with Gasteiger partial charge >= 0.3 is 0 Å². The van der Waals surface area contributed by atoms with Crippen LogP contribution in [0.3, 0.4) is 0 Å². The summed E-state index contributed by atoms with van der Waals surface area (Å²) in [7, 11) is 0. The third-order valence-electron chi connectivity index (χ3n) is 4.82. The Hall–Kier alpha value is -1.10. The molecule has 2 N–H and O–H groups in total. The second-order valence-corrected chi connectivity index (χ2v) is 6.54. The molecule has 1 saturated carbocycles. The van der Waals surface area contributed by atoms with E-state index in [1.807, 2.05) is 4.90 Å². The van der Waals surface area contributed by atoms with E-state index in [9.17, 15) is 9.59 Å². The molecule has 0 aromatic carbocycles. The van der Waals surface area contributed by atoms with Crippen LogP contribution in [0.1, 0.15) is 51.9 Å². The molecule has 0 aromatic heterocycles. The maximum Gasteiger partial charge on any atom is 0.239 e. The molecule has 0 radical (unpaired) electrons. The second kappa shape index (κ2) is 7.78. The Morgan fingerprint density at radius 3 is 2.19 bits per heavy atom. The first-order valence-electron chi connectivity index (χ1n) is 8.40. The summed E-state index contributed by atoms with van der Waals surface area (Å²) in [6.07, 6.45) is 8.32. The van der Waals surface area contributed by atoms with Crippen molar-refractivity contribution in [3.63, 3.8) is 0 Å². The molecule has 1 atom stereocenters. The molecule has 0 bridgehead atoms. The number of amides is 2. The van der Waals surface area contributed by atoms with Crippen molar-refractivity contribution in [3.05, 3.63) is 0 Å². The number of rotatable bonds is 4. The number of nitrogens with zero attached hydrogens (tertiary/aromatic N) is 2. The van der Waals surface area contributed by atoms with E-state index in [1.54, 1.807) is 11.8 Å². The Morgan fingerprint density at radius 2 is 1.62 bits per heavy atom. The number of carbonyl (C=O) groups excluding carboxylic acids is 2. The Balaban J connectivity index is 1.69. The molecule has 5 nitrogen and oxygen atoms in total. The maximum absolute atomic E-state index is 12.2. The van der Waals surface area contributed by atoms with Gasteiger partial charge < -0.3 is 15.5 Å². The minimum Gasteiger partial charge on any atom is -0.339 e. The lowest BCUT2D eigenvalue weighted by Crippen LogP contribution is -2.53. The highest BCUT2D eigenvalue weighted by Crippen LogP contribution is 2.27. The summed E-state index contributed by atoms with van der Waals surface area (Å²) in [5, 5.41) is 0. The lowest BCUT2D eigenvalue weighted by molar-refractivity contribution is -0.140. The van der Waals surface area contributed by atoms with Crippen LogP contribution in [0.25, 0.3) is 0 Å². The van der Waals surface area contributed by atoms with Gasteiger partial charge in [0.25, 0.3) is 0 Å². The van der Waals surface area contributed by atoms with Crippen molar-refractivity contribution in [2.24, 2.45) is 11.7 Å². The van der Waals surface area contributed by atoms with Crippen LogP contribution in [0.4, 0.5) is 0 Å². The lowest BCUT2D eigenvalue weighted by atomic mass is 9.86. The van der Waals surface area contributed by atoms with Crippen molar-refractivity contribution in [1.82, 2.24) is 9.80 Å². The monoisotopic (exact) mass is 295 g/mol. The molecular formula is C16H29N3O2. The third-order valence-corrected chi connectivity index (χ3v) is 4.82. The number of hydrogen-bond acceptors (Lipinski definition) is 3. The Bertz CT molecular complexity index is 357. The topological polar surface area (TPSA) is 66.6 Å². The highest BCUT2D eigenvalue weighted by Gasteiger charge is 2.25. The largest absolute Gasteiger partial charge is 0.339 e. The minimum absolute atomic E-state index is 0.00990. The van der Waals surface area contributed by atoms with E-state index in [-0.39, 0.29) is 11.8 Å². The average Bonchev–Trinajstić information content (AvgIpc) is 2.53. The van der Waals surface area contributed by atoms with Crippen molar-refractivity contribution in [2.45, 2.75) is 57.9 Å². The molecule has 0 aromatic rings. The summed E-state index contributed by atoms with van der Waals surface area (Å²) in [5.74, 6) is 1.00. The maximum atomic E-state index is 12.2. The van der Waals surface area contributed by atoms with Crippen molar-refractivity contribution in [1.29, 1.82) is 0 Å². The van der Waals surface area contributed by atoms with E-state index < -0.39 is 6.04 Å². The Morgan fingerprint density at radius 1 is 1.05 bits per heavy atom. The van der Waals surface area contributed by atoms with Gasteiger partial charge in [-0.2, -0.15) is 0 Å². The van der Waals surface area contributed by atoms with Crippen LogP contribution in [0, 0.1) is 5.92 Å². The van der Waals surface area contributed by atoms with Crippen molar-refractivity contribution >= 4 is 11.8 Å². The molecule has 1 saturated heterocycles. The van der Waals surface area contributed by atoms with Crippen LogP contribution in [0.2, 0.25) is 0 Å². The summed E-state index contributed by atoms with van der Waals surface area (Å²) in [6, 6.07) is -0.446. The number of piperazine rings is 1. The third kappa shape index (κ3) is 4.70. The highest BCUT2D eigenvalue weighted by molar-refractivity contribution is 5.82. The molecule has 1 heterocycles. The molecule has 120 valence electrons. The Labute approximate surface area is 127 Å². The van der Waals surface area contributed by atoms with Gasteiger partial charge in [-0.25, -0.2) is 0 Å². The number of hydrogen-bond donors (Lipinski definition) is 1. The van der Waals surface area contributed by atoms with Crippen molar-refractivity contribution in [2.75, 3.05) is 26.2 Å². The van der Waals surface area contributed by atoms with E-state index >= 15 is 0 Å². The standard InChI is InChI=1S/C16H29N3O2/c1-13(17)16(21)19-11-9-18(10-12-19)15(20)8-7-14-5-3-2-4-6-14/h13-14H,2-12,17H2,1H3/t13-/m1/s1. The molecular weight excluding hydrogens is 266 g/mol. The van der Waals surface area contributed by atoms with Crippen LogP contribution >= 0.6 is 0 Å². The van der Waals surface area contributed by atoms with Gasteiger partial charge in [0, 0.05) is 32.6 Å². The summed E-state index contributed by atoms with van der Waals surface area (Å²) in [5.41, 5.74) is 5.62. The molecule has 0 spiro atoms. The van der Waals surface area contributed by atoms with Gasteiger partial charge in [-0.3, -0.25) is 9.59 Å². The fraction of sp³-hybridized carbons (Fsp3) is 0.875. The number of nitrogens with two attached hydrogens (primary N) is 1.